The molecule has 0 spiro atoms. The Bertz CT molecular complexity index is 1300. The number of amides is 1. The van der Waals surface area contributed by atoms with E-state index in [0.29, 0.717) is 39.0 Å². The number of fused-ring (bicyclic) bond motifs is 1. The first-order valence-corrected chi connectivity index (χ1v) is 10.2. The number of methoxy groups -OCH3 is 1. The Morgan fingerprint density at radius 1 is 1.13 bits per heavy atom. The molecule has 0 saturated carbocycles. The van der Waals surface area contributed by atoms with Crippen molar-refractivity contribution in [2.45, 2.75) is 6.92 Å². The first kappa shape index (κ1) is 20.8. The molecule has 0 radical (unpaired) electrons. The minimum atomic E-state index is -0.267. The molecule has 1 amide bonds. The van der Waals surface area contributed by atoms with Crippen molar-refractivity contribution in [3.05, 3.63) is 76.8 Å². The lowest BCUT2D eigenvalue weighted by atomic mass is 10.1. The van der Waals surface area contributed by atoms with Gasteiger partial charge in [-0.05, 0) is 67.2 Å². The van der Waals surface area contributed by atoms with E-state index in [1.807, 2.05) is 31.2 Å². The molecule has 0 fully saturated rings. The summed E-state index contributed by atoms with van der Waals surface area (Å²) in [5.74, 6) is 0.748. The van der Waals surface area contributed by atoms with Crippen LogP contribution in [-0.2, 0) is 0 Å². The lowest BCUT2D eigenvalue weighted by Crippen LogP contribution is -2.34. The van der Waals surface area contributed by atoms with Crippen LogP contribution in [0.4, 0.5) is 5.69 Å². The average Bonchev–Trinajstić information content (AvgIpc) is 3.17. The van der Waals surface area contributed by atoms with Crippen LogP contribution in [0.25, 0.3) is 22.6 Å². The van der Waals surface area contributed by atoms with Gasteiger partial charge < -0.3 is 14.5 Å². The second-order valence-electron chi connectivity index (χ2n) is 6.77. The molecular weight excluding hydrogens is 434 g/mol. The Labute approximate surface area is 189 Å². The lowest BCUT2D eigenvalue weighted by molar-refractivity contribution is 0.0977. The van der Waals surface area contributed by atoms with Crippen LogP contribution < -0.4 is 15.4 Å². The van der Waals surface area contributed by atoms with Gasteiger partial charge in [0.15, 0.2) is 10.7 Å². The number of anilines is 1. The van der Waals surface area contributed by atoms with E-state index in [1.165, 1.54) is 0 Å². The summed E-state index contributed by atoms with van der Waals surface area (Å²) in [7, 11) is 1.56. The van der Waals surface area contributed by atoms with E-state index in [9.17, 15) is 4.79 Å². The highest BCUT2D eigenvalue weighted by Crippen LogP contribution is 2.32. The summed E-state index contributed by atoms with van der Waals surface area (Å²) in [5.41, 5.74) is 4.11. The number of hydrogen-bond donors (Lipinski definition) is 2. The molecule has 4 aromatic rings. The standard InChI is InChI=1S/C23H18ClN3O3S/c1-13-5-3-4-6-16(13)21(28)27-23(31)25-15-8-10-20-18(12-15)26-22(30-20)14-7-9-19(29-2)17(24)11-14/h3-12H,1-2H3,(H2,25,27,28,31). The topological polar surface area (TPSA) is 76.4 Å². The van der Waals surface area contributed by atoms with Crippen molar-refractivity contribution in [1.82, 2.24) is 10.3 Å². The van der Waals surface area contributed by atoms with Crippen LogP contribution in [0, 0.1) is 6.92 Å². The van der Waals surface area contributed by atoms with Gasteiger partial charge in [-0.1, -0.05) is 29.8 Å². The summed E-state index contributed by atoms with van der Waals surface area (Å²) in [6.45, 7) is 1.87. The van der Waals surface area contributed by atoms with Crippen LogP contribution >= 0.6 is 23.8 Å². The predicted octanol–water partition coefficient (Wildman–Crippen LogP) is 5.59. The van der Waals surface area contributed by atoms with Crippen LogP contribution in [0.2, 0.25) is 5.02 Å². The molecular formula is C23H18ClN3O3S. The molecule has 0 saturated heterocycles. The summed E-state index contributed by atoms with van der Waals surface area (Å²) < 4.78 is 11.0. The third-order valence-electron chi connectivity index (χ3n) is 4.66. The molecule has 1 aromatic heterocycles. The van der Waals surface area contributed by atoms with Gasteiger partial charge in [-0.15, -0.1) is 0 Å². The molecule has 0 aliphatic heterocycles. The second kappa shape index (κ2) is 8.75. The quantitative estimate of drug-likeness (QED) is 0.394. The number of oxazole rings is 1. The van der Waals surface area contributed by atoms with Gasteiger partial charge in [0.25, 0.3) is 5.91 Å². The number of halogens is 1. The minimum absolute atomic E-state index is 0.193. The normalized spacial score (nSPS) is 10.7. The molecule has 0 unspecified atom stereocenters. The summed E-state index contributed by atoms with van der Waals surface area (Å²) in [6, 6.07) is 18.0. The van der Waals surface area contributed by atoms with Gasteiger partial charge in [0, 0.05) is 16.8 Å². The van der Waals surface area contributed by atoms with E-state index < -0.39 is 0 Å². The number of nitrogens with one attached hydrogen (secondary N) is 2. The monoisotopic (exact) mass is 451 g/mol. The van der Waals surface area contributed by atoms with Gasteiger partial charge in [0.1, 0.15) is 11.3 Å². The maximum atomic E-state index is 12.4. The zero-order chi connectivity index (χ0) is 22.0. The fraction of sp³-hybridized carbons (Fsp3) is 0.0870. The van der Waals surface area contributed by atoms with Gasteiger partial charge in [-0.3, -0.25) is 10.1 Å². The van der Waals surface area contributed by atoms with Gasteiger partial charge in [-0.2, -0.15) is 0 Å². The zero-order valence-corrected chi connectivity index (χ0v) is 18.3. The molecule has 0 aliphatic carbocycles. The summed E-state index contributed by atoms with van der Waals surface area (Å²) in [4.78, 5) is 17.0. The fourth-order valence-electron chi connectivity index (χ4n) is 3.09. The van der Waals surface area contributed by atoms with Crippen LogP contribution in [-0.4, -0.2) is 23.1 Å². The largest absolute Gasteiger partial charge is 0.495 e. The Balaban J connectivity index is 1.50. The summed E-state index contributed by atoms with van der Waals surface area (Å²) in [6.07, 6.45) is 0. The number of benzene rings is 3. The third-order valence-corrected chi connectivity index (χ3v) is 5.16. The number of nitrogens with zero attached hydrogens (tertiary/aromatic N) is 1. The SMILES string of the molecule is COc1ccc(-c2nc3cc(NC(=S)NC(=O)c4ccccc4C)ccc3o2)cc1Cl. The van der Waals surface area contributed by atoms with E-state index >= 15 is 0 Å². The highest BCUT2D eigenvalue weighted by Gasteiger charge is 2.13. The Morgan fingerprint density at radius 3 is 2.68 bits per heavy atom. The minimum Gasteiger partial charge on any atom is -0.495 e. The smallest absolute Gasteiger partial charge is 0.257 e. The number of carbonyl (C=O) groups excluding carboxylic acids is 1. The molecule has 156 valence electrons. The highest BCUT2D eigenvalue weighted by molar-refractivity contribution is 7.80. The average molecular weight is 452 g/mol. The number of ether oxygens (including phenoxy) is 1. The summed E-state index contributed by atoms with van der Waals surface area (Å²) in [5, 5.41) is 6.36. The van der Waals surface area contributed by atoms with Gasteiger partial charge in [0.2, 0.25) is 5.89 Å². The van der Waals surface area contributed by atoms with Crippen LogP contribution in [0.5, 0.6) is 5.75 Å². The predicted molar refractivity (Wildman–Crippen MR) is 126 cm³/mol. The molecule has 2 N–H and O–H groups in total. The molecule has 31 heavy (non-hydrogen) atoms. The van der Waals surface area contributed by atoms with Gasteiger partial charge in [0.05, 0.1) is 12.1 Å². The fourth-order valence-corrected chi connectivity index (χ4v) is 3.56. The Hall–Kier alpha value is -3.42. The third kappa shape index (κ3) is 4.52. The molecule has 6 nitrogen and oxygen atoms in total. The van der Waals surface area contributed by atoms with Crippen molar-refractivity contribution in [3.63, 3.8) is 0 Å². The lowest BCUT2D eigenvalue weighted by Gasteiger charge is -2.10. The first-order valence-electron chi connectivity index (χ1n) is 9.37. The number of rotatable bonds is 4. The number of aromatic nitrogens is 1. The van der Waals surface area contributed by atoms with Crippen molar-refractivity contribution in [2.75, 3.05) is 12.4 Å². The second-order valence-corrected chi connectivity index (χ2v) is 7.59. The van der Waals surface area contributed by atoms with Crippen molar-refractivity contribution in [2.24, 2.45) is 0 Å². The van der Waals surface area contributed by atoms with Gasteiger partial charge >= 0.3 is 0 Å². The molecule has 8 heteroatoms. The van der Waals surface area contributed by atoms with Crippen molar-refractivity contribution >= 4 is 51.6 Å². The number of carbonyl (C=O) groups is 1. The number of thiocarbonyl (C=S) groups is 1. The molecule has 0 bridgehead atoms. The van der Waals surface area contributed by atoms with E-state index in [1.54, 1.807) is 43.5 Å². The molecule has 1 heterocycles. The molecule has 0 aliphatic rings. The molecule has 3 aromatic carbocycles. The van der Waals surface area contributed by atoms with E-state index in [2.05, 4.69) is 15.6 Å². The Morgan fingerprint density at radius 2 is 1.94 bits per heavy atom. The molecule has 0 atom stereocenters. The maximum Gasteiger partial charge on any atom is 0.257 e. The van der Waals surface area contributed by atoms with Gasteiger partial charge in [-0.25, -0.2) is 4.98 Å². The summed E-state index contributed by atoms with van der Waals surface area (Å²) >= 11 is 11.5. The van der Waals surface area contributed by atoms with Crippen molar-refractivity contribution < 1.29 is 13.9 Å². The number of hydrogen-bond acceptors (Lipinski definition) is 5. The Kier molecular flexibility index (Phi) is 5.88. The highest BCUT2D eigenvalue weighted by atomic mass is 35.5. The van der Waals surface area contributed by atoms with Crippen molar-refractivity contribution in [3.8, 4) is 17.2 Å². The van der Waals surface area contributed by atoms with Crippen LogP contribution in [0.1, 0.15) is 15.9 Å². The first-order chi connectivity index (χ1) is 14.9. The van der Waals surface area contributed by atoms with E-state index in [-0.39, 0.29) is 11.0 Å². The number of aryl methyl sites for hydroxylation is 1. The van der Waals surface area contributed by atoms with Crippen LogP contribution in [0.3, 0.4) is 0 Å². The maximum absolute atomic E-state index is 12.4. The van der Waals surface area contributed by atoms with E-state index in [0.717, 1.165) is 11.1 Å². The van der Waals surface area contributed by atoms with Crippen LogP contribution in [0.15, 0.2) is 65.1 Å². The zero-order valence-electron chi connectivity index (χ0n) is 16.7. The van der Waals surface area contributed by atoms with Crippen molar-refractivity contribution in [1.29, 1.82) is 0 Å². The molecule has 4 rings (SSSR count). The van der Waals surface area contributed by atoms with E-state index in [4.69, 9.17) is 33.0 Å².